The van der Waals surface area contributed by atoms with Crippen molar-refractivity contribution in [1.29, 1.82) is 0 Å². The summed E-state index contributed by atoms with van der Waals surface area (Å²) in [5.41, 5.74) is 2.44. The predicted molar refractivity (Wildman–Crippen MR) is 78.2 cm³/mol. The van der Waals surface area contributed by atoms with E-state index < -0.39 is 0 Å². The molecule has 0 spiro atoms. The third kappa shape index (κ3) is 4.84. The van der Waals surface area contributed by atoms with Crippen LogP contribution in [0.5, 0.6) is 0 Å². The van der Waals surface area contributed by atoms with Crippen molar-refractivity contribution in [2.75, 3.05) is 49.9 Å². The fourth-order valence-corrected chi connectivity index (χ4v) is 1.31. The number of nitrogens with zero attached hydrogens (tertiary/aromatic N) is 5. The molecule has 0 atom stereocenters. The van der Waals surface area contributed by atoms with E-state index in [1.807, 2.05) is 14.1 Å². The minimum Gasteiger partial charge on any atom is -0.353 e. The normalized spacial score (nSPS) is 10.9. The zero-order valence-corrected chi connectivity index (χ0v) is 12.3. The van der Waals surface area contributed by atoms with E-state index in [1.54, 1.807) is 4.90 Å². The molecule has 1 aromatic rings. The molecule has 4 N–H and O–H groups in total. The number of likely N-dealkylation sites (N-methyl/N-ethyl adjacent to an activating group) is 1. The van der Waals surface area contributed by atoms with E-state index >= 15 is 0 Å². The van der Waals surface area contributed by atoms with E-state index in [-0.39, 0.29) is 0 Å². The standard InChI is InChI=1S/C11H24N8/c1-8(2)19(5)7-6-13-9-14-10(17-12)16-11(15-9)18(3)4/h8H,6-7,12H2,1-5H3,(H2,13,14,15,16,17). The third-order valence-corrected chi connectivity index (χ3v) is 2.78. The van der Waals surface area contributed by atoms with Gasteiger partial charge in [0.05, 0.1) is 0 Å². The zero-order chi connectivity index (χ0) is 14.4. The highest BCUT2D eigenvalue weighted by atomic mass is 15.4. The molecule has 1 heterocycles. The Labute approximate surface area is 114 Å². The van der Waals surface area contributed by atoms with Crippen molar-refractivity contribution in [3.8, 4) is 0 Å². The Bertz CT molecular complexity index is 392. The van der Waals surface area contributed by atoms with Gasteiger partial charge in [0.15, 0.2) is 0 Å². The quantitative estimate of drug-likeness (QED) is 0.469. The molecule has 0 radical (unpaired) electrons. The van der Waals surface area contributed by atoms with Gasteiger partial charge in [-0.3, -0.25) is 5.43 Å². The first-order chi connectivity index (χ1) is 8.93. The highest BCUT2D eigenvalue weighted by Gasteiger charge is 2.08. The summed E-state index contributed by atoms with van der Waals surface area (Å²) < 4.78 is 0. The first-order valence-corrected chi connectivity index (χ1v) is 6.28. The Morgan fingerprint density at radius 3 is 2.26 bits per heavy atom. The highest BCUT2D eigenvalue weighted by molar-refractivity contribution is 5.42. The van der Waals surface area contributed by atoms with Crippen molar-refractivity contribution in [3.63, 3.8) is 0 Å². The van der Waals surface area contributed by atoms with E-state index in [0.717, 1.165) is 13.1 Å². The van der Waals surface area contributed by atoms with Gasteiger partial charge >= 0.3 is 0 Å². The van der Waals surface area contributed by atoms with Gasteiger partial charge in [-0.15, -0.1) is 0 Å². The number of hydrogen-bond donors (Lipinski definition) is 3. The highest BCUT2D eigenvalue weighted by Crippen LogP contribution is 2.10. The predicted octanol–water partition coefficient (Wildman–Crippen LogP) is -0.0247. The fraction of sp³-hybridized carbons (Fsp3) is 0.727. The van der Waals surface area contributed by atoms with Crippen molar-refractivity contribution in [3.05, 3.63) is 0 Å². The average Bonchev–Trinajstić information content (AvgIpc) is 2.37. The lowest BCUT2D eigenvalue weighted by Crippen LogP contribution is -2.31. The van der Waals surface area contributed by atoms with Crippen LogP contribution in [0.4, 0.5) is 17.8 Å². The molecule has 0 saturated carbocycles. The van der Waals surface area contributed by atoms with E-state index in [0.29, 0.717) is 23.9 Å². The zero-order valence-electron chi connectivity index (χ0n) is 12.3. The van der Waals surface area contributed by atoms with Gasteiger partial charge in [0.1, 0.15) is 0 Å². The molecule has 108 valence electrons. The molecule has 1 rings (SSSR count). The number of anilines is 3. The summed E-state index contributed by atoms with van der Waals surface area (Å²) in [5.74, 6) is 6.77. The van der Waals surface area contributed by atoms with Crippen molar-refractivity contribution in [1.82, 2.24) is 19.9 Å². The number of aromatic nitrogens is 3. The minimum absolute atomic E-state index is 0.346. The van der Waals surface area contributed by atoms with E-state index in [2.05, 4.69) is 51.5 Å². The number of hydrazine groups is 1. The van der Waals surface area contributed by atoms with Crippen molar-refractivity contribution in [2.24, 2.45) is 5.84 Å². The van der Waals surface area contributed by atoms with Crippen molar-refractivity contribution in [2.45, 2.75) is 19.9 Å². The van der Waals surface area contributed by atoms with Crippen LogP contribution in [0.1, 0.15) is 13.8 Å². The SMILES string of the molecule is CC(C)N(C)CCNc1nc(NN)nc(N(C)C)n1. The number of nitrogens with two attached hydrogens (primary N) is 1. The Morgan fingerprint density at radius 2 is 1.74 bits per heavy atom. The summed E-state index contributed by atoms with van der Waals surface area (Å²) in [7, 11) is 5.82. The van der Waals surface area contributed by atoms with Gasteiger partial charge in [-0.05, 0) is 20.9 Å². The smallest absolute Gasteiger partial charge is 0.243 e. The van der Waals surface area contributed by atoms with Crippen LogP contribution in [-0.4, -0.2) is 60.1 Å². The van der Waals surface area contributed by atoms with Crippen LogP contribution in [-0.2, 0) is 0 Å². The Balaban J connectivity index is 2.64. The summed E-state index contributed by atoms with van der Waals surface area (Å²) in [6, 6.07) is 0.513. The molecule has 0 bridgehead atoms. The van der Waals surface area contributed by atoms with Crippen LogP contribution in [0.2, 0.25) is 0 Å². The topological polar surface area (TPSA) is 95.2 Å². The van der Waals surface area contributed by atoms with Gasteiger partial charge in [0.2, 0.25) is 17.8 Å². The van der Waals surface area contributed by atoms with Crippen LogP contribution in [0.3, 0.4) is 0 Å². The van der Waals surface area contributed by atoms with E-state index in [4.69, 9.17) is 5.84 Å². The molecule has 8 nitrogen and oxygen atoms in total. The average molecular weight is 268 g/mol. The van der Waals surface area contributed by atoms with Crippen molar-refractivity contribution >= 4 is 17.8 Å². The Kier molecular flexibility index (Phi) is 5.71. The molecule has 0 unspecified atom stereocenters. The second-order valence-electron chi connectivity index (χ2n) is 4.82. The molecule has 0 aliphatic heterocycles. The molecule has 0 aliphatic rings. The van der Waals surface area contributed by atoms with Gasteiger partial charge in [-0.2, -0.15) is 15.0 Å². The Hall–Kier alpha value is -1.67. The molecule has 1 aromatic heterocycles. The van der Waals surface area contributed by atoms with Gasteiger partial charge < -0.3 is 15.1 Å². The maximum absolute atomic E-state index is 5.35. The molecule has 19 heavy (non-hydrogen) atoms. The van der Waals surface area contributed by atoms with Crippen LogP contribution in [0, 0.1) is 0 Å². The van der Waals surface area contributed by atoms with E-state index in [1.165, 1.54) is 0 Å². The lowest BCUT2D eigenvalue weighted by Gasteiger charge is -2.21. The van der Waals surface area contributed by atoms with E-state index in [9.17, 15) is 0 Å². The van der Waals surface area contributed by atoms with Crippen LogP contribution in [0.25, 0.3) is 0 Å². The van der Waals surface area contributed by atoms with Crippen LogP contribution >= 0.6 is 0 Å². The lowest BCUT2D eigenvalue weighted by molar-refractivity contribution is 0.284. The molecule has 0 amide bonds. The Morgan fingerprint density at radius 1 is 1.11 bits per heavy atom. The van der Waals surface area contributed by atoms with Gasteiger partial charge in [0.25, 0.3) is 0 Å². The molecule has 0 aromatic carbocycles. The summed E-state index contributed by atoms with van der Waals surface area (Å²) in [6.07, 6.45) is 0. The van der Waals surface area contributed by atoms with Gasteiger partial charge in [-0.25, -0.2) is 5.84 Å². The summed E-state index contributed by atoms with van der Waals surface area (Å²) in [5, 5.41) is 3.17. The molecule has 8 heteroatoms. The second-order valence-corrected chi connectivity index (χ2v) is 4.82. The fourth-order valence-electron chi connectivity index (χ4n) is 1.31. The van der Waals surface area contributed by atoms with Crippen molar-refractivity contribution < 1.29 is 0 Å². The number of rotatable bonds is 7. The summed E-state index contributed by atoms with van der Waals surface area (Å²) in [6.45, 7) is 5.98. The molecule has 0 fully saturated rings. The third-order valence-electron chi connectivity index (χ3n) is 2.78. The monoisotopic (exact) mass is 268 g/mol. The first-order valence-electron chi connectivity index (χ1n) is 6.28. The van der Waals surface area contributed by atoms with Gasteiger partial charge in [0, 0.05) is 33.2 Å². The molecule has 0 saturated heterocycles. The molecular formula is C11H24N8. The maximum Gasteiger partial charge on any atom is 0.243 e. The number of nitrogen functional groups attached to an aromatic ring is 1. The minimum atomic E-state index is 0.346. The number of nitrogens with one attached hydrogen (secondary N) is 2. The lowest BCUT2D eigenvalue weighted by atomic mass is 10.3. The van der Waals surface area contributed by atoms with Crippen LogP contribution < -0.4 is 21.5 Å². The maximum atomic E-state index is 5.35. The summed E-state index contributed by atoms with van der Waals surface area (Å²) in [4.78, 5) is 16.6. The molecule has 0 aliphatic carbocycles. The largest absolute Gasteiger partial charge is 0.353 e. The van der Waals surface area contributed by atoms with Crippen LogP contribution in [0.15, 0.2) is 0 Å². The van der Waals surface area contributed by atoms with Gasteiger partial charge in [-0.1, -0.05) is 0 Å². The second kappa shape index (κ2) is 7.05. The number of hydrogen-bond acceptors (Lipinski definition) is 8. The summed E-state index contributed by atoms with van der Waals surface area (Å²) >= 11 is 0. The first kappa shape index (κ1) is 15.4. The molecular weight excluding hydrogens is 244 g/mol.